The zero-order valence-electron chi connectivity index (χ0n) is 14.9. The summed E-state index contributed by atoms with van der Waals surface area (Å²) in [6, 6.07) is -0.219. The van der Waals surface area contributed by atoms with Crippen molar-refractivity contribution >= 4 is 11.8 Å². The molecule has 1 aromatic heterocycles. The Morgan fingerprint density at radius 2 is 2.00 bits per heavy atom. The van der Waals surface area contributed by atoms with Crippen LogP contribution in [0.4, 0.5) is 0 Å². The van der Waals surface area contributed by atoms with Crippen LogP contribution in [0.2, 0.25) is 0 Å². The Morgan fingerprint density at radius 3 is 2.73 bits per heavy atom. The molecule has 2 fully saturated rings. The lowest BCUT2D eigenvalue weighted by molar-refractivity contribution is -0.144. The van der Waals surface area contributed by atoms with Gasteiger partial charge in [-0.25, -0.2) is 4.68 Å². The van der Waals surface area contributed by atoms with E-state index in [1.54, 1.807) is 14.5 Å². The Kier molecular flexibility index (Phi) is 6.51. The van der Waals surface area contributed by atoms with Crippen LogP contribution in [-0.2, 0) is 20.9 Å². The number of ether oxygens (including phenoxy) is 1. The number of aliphatic hydroxyl groups excluding tert-OH is 1. The summed E-state index contributed by atoms with van der Waals surface area (Å²) in [4.78, 5) is 28.7. The topological polar surface area (TPSA) is 114 Å². The largest absolute Gasteiger partial charge is 0.393 e. The number of hydrogen-bond donors (Lipinski definition) is 1. The third-order valence-electron chi connectivity index (χ3n) is 4.94. The van der Waals surface area contributed by atoms with E-state index in [0.29, 0.717) is 65.1 Å². The van der Waals surface area contributed by atoms with Crippen LogP contribution in [0.3, 0.4) is 0 Å². The van der Waals surface area contributed by atoms with Gasteiger partial charge in [0.15, 0.2) is 0 Å². The summed E-state index contributed by atoms with van der Waals surface area (Å²) >= 11 is 0. The summed E-state index contributed by atoms with van der Waals surface area (Å²) in [6.07, 6.45) is 3.76. The molecular weight excluding hydrogens is 340 g/mol. The number of rotatable bonds is 6. The molecule has 0 aromatic carbocycles. The maximum atomic E-state index is 12.6. The number of carbonyl (C=O) groups excluding carboxylic acids is 2. The molecule has 1 N–H and O–H groups in total. The Labute approximate surface area is 152 Å². The summed E-state index contributed by atoms with van der Waals surface area (Å²) in [5.41, 5.74) is 0. The van der Waals surface area contributed by atoms with Gasteiger partial charge in [0.2, 0.25) is 11.8 Å². The lowest BCUT2D eigenvalue weighted by Gasteiger charge is -2.37. The number of aliphatic hydroxyl groups is 1. The SMILES string of the molecule is O=C(C[C@H]1COCCN1C(=O)CCCn1cnnn1)N1CCC(O)CC1. The quantitative estimate of drug-likeness (QED) is 0.691. The van der Waals surface area contributed by atoms with Gasteiger partial charge in [0, 0.05) is 39.0 Å². The Bertz CT molecular complexity index is 588. The lowest BCUT2D eigenvalue weighted by atomic mass is 10.1. The Morgan fingerprint density at radius 1 is 1.19 bits per heavy atom. The minimum absolute atomic E-state index is 0.0267. The van der Waals surface area contributed by atoms with Gasteiger partial charge in [0.1, 0.15) is 6.33 Å². The molecule has 3 rings (SSSR count). The van der Waals surface area contributed by atoms with Crippen LogP contribution in [0.25, 0.3) is 0 Å². The molecule has 0 unspecified atom stereocenters. The van der Waals surface area contributed by atoms with Crippen LogP contribution in [0.1, 0.15) is 32.1 Å². The molecule has 2 saturated heterocycles. The second-order valence-electron chi connectivity index (χ2n) is 6.81. The van der Waals surface area contributed by atoms with Crippen molar-refractivity contribution in [3.05, 3.63) is 6.33 Å². The lowest BCUT2D eigenvalue weighted by Crippen LogP contribution is -2.51. The van der Waals surface area contributed by atoms with Crippen LogP contribution in [0, 0.1) is 0 Å². The monoisotopic (exact) mass is 366 g/mol. The fourth-order valence-electron chi connectivity index (χ4n) is 3.42. The number of amides is 2. The van der Waals surface area contributed by atoms with Gasteiger partial charge in [-0.2, -0.15) is 0 Å². The van der Waals surface area contributed by atoms with Crippen molar-refractivity contribution in [1.82, 2.24) is 30.0 Å². The first kappa shape index (κ1) is 18.7. The average molecular weight is 366 g/mol. The van der Waals surface area contributed by atoms with Gasteiger partial charge in [-0.1, -0.05) is 0 Å². The number of tetrazole rings is 1. The van der Waals surface area contributed by atoms with E-state index in [4.69, 9.17) is 4.74 Å². The maximum Gasteiger partial charge on any atom is 0.224 e. The number of piperidine rings is 1. The molecule has 1 atom stereocenters. The van der Waals surface area contributed by atoms with E-state index in [-0.39, 0.29) is 30.4 Å². The molecule has 144 valence electrons. The third-order valence-corrected chi connectivity index (χ3v) is 4.94. The molecule has 0 saturated carbocycles. The second kappa shape index (κ2) is 9.04. The smallest absolute Gasteiger partial charge is 0.224 e. The molecule has 2 amide bonds. The van der Waals surface area contributed by atoms with E-state index in [1.165, 1.54) is 6.33 Å². The molecule has 0 radical (unpaired) electrons. The van der Waals surface area contributed by atoms with Crippen molar-refractivity contribution in [2.24, 2.45) is 0 Å². The molecule has 1 aromatic rings. The number of aromatic nitrogens is 4. The molecule has 26 heavy (non-hydrogen) atoms. The number of likely N-dealkylation sites (tertiary alicyclic amines) is 1. The summed E-state index contributed by atoms with van der Waals surface area (Å²) in [5, 5.41) is 20.5. The van der Waals surface area contributed by atoms with Crippen molar-refractivity contribution in [2.75, 3.05) is 32.8 Å². The molecule has 2 aliphatic rings. The number of hydrogen-bond acceptors (Lipinski definition) is 7. The third kappa shape index (κ3) is 4.98. The first-order chi connectivity index (χ1) is 12.6. The van der Waals surface area contributed by atoms with Gasteiger partial charge in [0.25, 0.3) is 0 Å². The van der Waals surface area contributed by atoms with Gasteiger partial charge >= 0.3 is 0 Å². The van der Waals surface area contributed by atoms with Crippen molar-refractivity contribution in [2.45, 2.75) is 50.8 Å². The molecule has 0 spiro atoms. The molecule has 3 heterocycles. The van der Waals surface area contributed by atoms with Gasteiger partial charge in [-0.05, 0) is 29.7 Å². The van der Waals surface area contributed by atoms with E-state index in [9.17, 15) is 14.7 Å². The van der Waals surface area contributed by atoms with Crippen LogP contribution in [0.15, 0.2) is 6.33 Å². The molecule has 0 bridgehead atoms. The first-order valence-corrected chi connectivity index (χ1v) is 9.17. The summed E-state index contributed by atoms with van der Waals surface area (Å²) in [7, 11) is 0. The van der Waals surface area contributed by atoms with Gasteiger partial charge < -0.3 is 19.6 Å². The first-order valence-electron chi connectivity index (χ1n) is 9.17. The second-order valence-corrected chi connectivity index (χ2v) is 6.81. The van der Waals surface area contributed by atoms with E-state index in [1.807, 2.05) is 0 Å². The summed E-state index contributed by atoms with van der Waals surface area (Å²) in [5.74, 6) is 0.0622. The highest BCUT2D eigenvalue weighted by Gasteiger charge is 2.31. The zero-order chi connectivity index (χ0) is 18.4. The molecule has 0 aliphatic carbocycles. The van der Waals surface area contributed by atoms with E-state index >= 15 is 0 Å². The zero-order valence-corrected chi connectivity index (χ0v) is 14.9. The van der Waals surface area contributed by atoms with Crippen molar-refractivity contribution in [3.63, 3.8) is 0 Å². The number of nitrogens with zero attached hydrogens (tertiary/aromatic N) is 6. The van der Waals surface area contributed by atoms with Crippen LogP contribution in [-0.4, -0.2) is 91.9 Å². The Balaban J connectivity index is 1.48. The number of morpholine rings is 1. The predicted octanol–water partition coefficient (Wildman–Crippen LogP) is -0.946. The Hall–Kier alpha value is -2.07. The van der Waals surface area contributed by atoms with Crippen LogP contribution < -0.4 is 0 Å². The summed E-state index contributed by atoms with van der Waals surface area (Å²) < 4.78 is 7.09. The van der Waals surface area contributed by atoms with Gasteiger partial charge in [-0.15, -0.1) is 5.10 Å². The van der Waals surface area contributed by atoms with Crippen molar-refractivity contribution in [1.29, 1.82) is 0 Å². The van der Waals surface area contributed by atoms with Crippen molar-refractivity contribution < 1.29 is 19.4 Å². The fourth-order valence-corrected chi connectivity index (χ4v) is 3.42. The van der Waals surface area contributed by atoms with E-state index < -0.39 is 0 Å². The minimum Gasteiger partial charge on any atom is -0.393 e. The number of aryl methyl sites for hydroxylation is 1. The summed E-state index contributed by atoms with van der Waals surface area (Å²) in [6.45, 7) is 3.14. The number of carbonyl (C=O) groups is 2. The maximum absolute atomic E-state index is 12.6. The van der Waals surface area contributed by atoms with Crippen molar-refractivity contribution in [3.8, 4) is 0 Å². The highest BCUT2D eigenvalue weighted by atomic mass is 16.5. The standard InChI is InChI=1S/C16H26N6O4/c23-14-3-6-20(7-4-14)16(25)10-13-11-26-9-8-22(13)15(24)2-1-5-21-12-17-18-19-21/h12-14,23H,1-11H2/t13-/m0/s1. The molecule has 2 aliphatic heterocycles. The van der Waals surface area contributed by atoms with Gasteiger partial charge in [0.05, 0.1) is 25.4 Å². The van der Waals surface area contributed by atoms with Crippen LogP contribution in [0.5, 0.6) is 0 Å². The predicted molar refractivity (Wildman–Crippen MR) is 89.8 cm³/mol. The normalized spacial score (nSPS) is 21.8. The van der Waals surface area contributed by atoms with Gasteiger partial charge in [-0.3, -0.25) is 9.59 Å². The average Bonchev–Trinajstić information content (AvgIpc) is 3.16. The van der Waals surface area contributed by atoms with E-state index in [2.05, 4.69) is 15.5 Å². The van der Waals surface area contributed by atoms with E-state index in [0.717, 1.165) is 0 Å². The minimum atomic E-state index is -0.310. The highest BCUT2D eigenvalue weighted by molar-refractivity contribution is 5.80. The molecule has 10 nitrogen and oxygen atoms in total. The fraction of sp³-hybridized carbons (Fsp3) is 0.812. The molecule has 10 heteroatoms. The molecular formula is C16H26N6O4. The van der Waals surface area contributed by atoms with Crippen LogP contribution >= 0.6 is 0 Å². The highest BCUT2D eigenvalue weighted by Crippen LogP contribution is 2.17.